The molecule has 2 aromatic rings. The van der Waals surface area contributed by atoms with Crippen LogP contribution in [0.15, 0.2) is 24.3 Å². The first-order chi connectivity index (χ1) is 12.8. The van der Waals surface area contributed by atoms with Gasteiger partial charge in [0.15, 0.2) is 5.82 Å². The number of carbonyl (C=O) groups excluding carboxylic acids is 1. The monoisotopic (exact) mass is 370 g/mol. The summed E-state index contributed by atoms with van der Waals surface area (Å²) in [5.74, 6) is 0.258. The molecule has 0 bridgehead atoms. The number of aryl methyl sites for hydroxylation is 1. The standard InChI is InChI=1S/C21H30N4O2/c1-15-10-9-11-16(14-15)25-23-19(22-24-25)17-12-7-5-6-8-13-18(17)20(26)27-21(2,3)4/h9-11,14,17-18H,5-8,12-13H2,1-4H3/t17-,18?/m0/s1. The Morgan fingerprint density at radius 2 is 1.89 bits per heavy atom. The van der Waals surface area contributed by atoms with E-state index in [1.807, 2.05) is 52.0 Å². The molecule has 1 fully saturated rings. The quantitative estimate of drug-likeness (QED) is 0.751. The molecule has 2 atom stereocenters. The van der Waals surface area contributed by atoms with E-state index in [1.54, 1.807) is 4.80 Å². The first kappa shape index (κ1) is 19.5. The number of aromatic nitrogens is 4. The molecule has 3 rings (SSSR count). The fraction of sp³-hybridized carbons (Fsp3) is 0.619. The van der Waals surface area contributed by atoms with E-state index in [0.717, 1.165) is 43.4 Å². The van der Waals surface area contributed by atoms with Gasteiger partial charge >= 0.3 is 5.97 Å². The molecule has 0 aliphatic heterocycles. The number of hydrogen-bond donors (Lipinski definition) is 0. The van der Waals surface area contributed by atoms with Crippen LogP contribution in [0.1, 0.15) is 76.6 Å². The maximum absolute atomic E-state index is 12.9. The van der Waals surface area contributed by atoms with E-state index in [0.29, 0.717) is 5.82 Å². The summed E-state index contributed by atoms with van der Waals surface area (Å²) >= 11 is 0. The van der Waals surface area contributed by atoms with Crippen LogP contribution in [-0.2, 0) is 9.53 Å². The van der Waals surface area contributed by atoms with Crippen molar-refractivity contribution in [3.63, 3.8) is 0 Å². The third kappa shape index (κ3) is 5.15. The summed E-state index contributed by atoms with van der Waals surface area (Å²) in [7, 11) is 0. The second-order valence-corrected chi connectivity index (χ2v) is 8.51. The summed E-state index contributed by atoms with van der Waals surface area (Å²) in [6.45, 7) is 7.77. The minimum absolute atomic E-state index is 0.0429. The molecule has 27 heavy (non-hydrogen) atoms. The Morgan fingerprint density at radius 3 is 2.59 bits per heavy atom. The van der Waals surface area contributed by atoms with Crippen molar-refractivity contribution in [3.8, 4) is 5.69 Å². The lowest BCUT2D eigenvalue weighted by molar-refractivity contribution is -0.161. The van der Waals surface area contributed by atoms with Crippen LogP contribution >= 0.6 is 0 Å². The SMILES string of the molecule is Cc1cccc(-n2nnc([C@H]3CCCCCCC3C(=O)OC(C)(C)C)n2)c1. The number of ether oxygens (including phenoxy) is 1. The van der Waals surface area contributed by atoms with Gasteiger partial charge in [0.2, 0.25) is 0 Å². The molecular formula is C21H30N4O2. The van der Waals surface area contributed by atoms with Crippen molar-refractivity contribution in [2.45, 2.75) is 77.7 Å². The highest BCUT2D eigenvalue weighted by molar-refractivity contribution is 5.74. The number of benzene rings is 1. The predicted octanol–water partition coefficient (Wildman–Crippen LogP) is 4.37. The highest BCUT2D eigenvalue weighted by Crippen LogP contribution is 2.35. The molecule has 1 aliphatic carbocycles. The van der Waals surface area contributed by atoms with Gasteiger partial charge in [-0.2, -0.15) is 0 Å². The fourth-order valence-corrected chi connectivity index (χ4v) is 3.69. The normalized spacial score (nSPS) is 21.3. The molecule has 1 aromatic heterocycles. The summed E-state index contributed by atoms with van der Waals surface area (Å²) in [6, 6.07) is 8.00. The van der Waals surface area contributed by atoms with Gasteiger partial charge in [-0.1, -0.05) is 37.8 Å². The summed E-state index contributed by atoms with van der Waals surface area (Å²) in [5.41, 5.74) is 1.54. The number of rotatable bonds is 3. The molecule has 0 N–H and O–H groups in total. The van der Waals surface area contributed by atoms with E-state index in [2.05, 4.69) is 15.4 Å². The average Bonchev–Trinajstić information content (AvgIpc) is 3.02. The van der Waals surface area contributed by atoms with Gasteiger partial charge in [-0.3, -0.25) is 4.79 Å². The third-order valence-electron chi connectivity index (χ3n) is 4.97. The first-order valence-corrected chi connectivity index (χ1v) is 9.93. The van der Waals surface area contributed by atoms with E-state index in [9.17, 15) is 4.79 Å². The van der Waals surface area contributed by atoms with Crippen molar-refractivity contribution in [3.05, 3.63) is 35.7 Å². The molecule has 6 nitrogen and oxygen atoms in total. The van der Waals surface area contributed by atoms with Crippen LogP contribution in [0.2, 0.25) is 0 Å². The number of hydrogen-bond acceptors (Lipinski definition) is 5. The Balaban J connectivity index is 1.87. The van der Waals surface area contributed by atoms with Crippen LogP contribution in [0, 0.1) is 12.8 Å². The molecule has 1 saturated carbocycles. The van der Waals surface area contributed by atoms with Gasteiger partial charge < -0.3 is 4.74 Å². The topological polar surface area (TPSA) is 69.9 Å². The van der Waals surface area contributed by atoms with Crippen LogP contribution in [0.4, 0.5) is 0 Å². The Hall–Kier alpha value is -2.24. The molecule has 0 spiro atoms. The zero-order valence-corrected chi connectivity index (χ0v) is 16.8. The van der Waals surface area contributed by atoms with Crippen LogP contribution in [0.25, 0.3) is 5.69 Å². The van der Waals surface area contributed by atoms with Gasteiger partial charge in [0, 0.05) is 5.92 Å². The average molecular weight is 370 g/mol. The second-order valence-electron chi connectivity index (χ2n) is 8.51. The second kappa shape index (κ2) is 8.19. The molecular weight excluding hydrogens is 340 g/mol. The van der Waals surface area contributed by atoms with Crippen LogP contribution in [-0.4, -0.2) is 31.8 Å². The van der Waals surface area contributed by atoms with E-state index in [-0.39, 0.29) is 17.8 Å². The van der Waals surface area contributed by atoms with Crippen molar-refractivity contribution in [1.82, 2.24) is 20.2 Å². The smallest absolute Gasteiger partial charge is 0.310 e. The van der Waals surface area contributed by atoms with Gasteiger partial charge in [-0.25, -0.2) is 0 Å². The molecule has 1 unspecified atom stereocenters. The molecule has 6 heteroatoms. The number of esters is 1. The largest absolute Gasteiger partial charge is 0.460 e. The maximum atomic E-state index is 12.9. The lowest BCUT2D eigenvalue weighted by Crippen LogP contribution is -2.32. The Bertz CT molecular complexity index is 778. The maximum Gasteiger partial charge on any atom is 0.310 e. The summed E-state index contributed by atoms with van der Waals surface area (Å²) in [6.07, 6.45) is 6.16. The van der Waals surface area contributed by atoms with Gasteiger partial charge in [0.25, 0.3) is 0 Å². The zero-order chi connectivity index (χ0) is 19.4. The minimum Gasteiger partial charge on any atom is -0.460 e. The van der Waals surface area contributed by atoms with Crippen LogP contribution in [0.3, 0.4) is 0 Å². The highest BCUT2D eigenvalue weighted by atomic mass is 16.6. The lowest BCUT2D eigenvalue weighted by atomic mass is 9.81. The van der Waals surface area contributed by atoms with Gasteiger partial charge in [-0.15, -0.1) is 15.0 Å². The predicted molar refractivity (Wildman–Crippen MR) is 104 cm³/mol. The van der Waals surface area contributed by atoms with Crippen LogP contribution < -0.4 is 0 Å². The molecule has 1 aliphatic rings. The van der Waals surface area contributed by atoms with Gasteiger partial charge in [-0.05, 0) is 63.4 Å². The van der Waals surface area contributed by atoms with E-state index < -0.39 is 5.60 Å². The summed E-state index contributed by atoms with van der Waals surface area (Å²) in [5, 5.41) is 13.2. The third-order valence-corrected chi connectivity index (χ3v) is 4.97. The Kier molecular flexibility index (Phi) is 5.92. The summed E-state index contributed by atoms with van der Waals surface area (Å²) < 4.78 is 5.71. The van der Waals surface area contributed by atoms with Crippen molar-refractivity contribution in [1.29, 1.82) is 0 Å². The molecule has 0 saturated heterocycles. The van der Waals surface area contributed by atoms with Crippen molar-refractivity contribution < 1.29 is 9.53 Å². The van der Waals surface area contributed by atoms with Gasteiger partial charge in [0.05, 0.1) is 11.6 Å². The number of tetrazole rings is 1. The Labute approximate surface area is 161 Å². The molecule has 0 radical (unpaired) electrons. The zero-order valence-electron chi connectivity index (χ0n) is 16.8. The summed E-state index contributed by atoms with van der Waals surface area (Å²) in [4.78, 5) is 14.4. The molecule has 146 valence electrons. The highest BCUT2D eigenvalue weighted by Gasteiger charge is 2.36. The van der Waals surface area contributed by atoms with Crippen molar-refractivity contribution >= 4 is 5.97 Å². The molecule has 1 aromatic carbocycles. The Morgan fingerprint density at radius 1 is 1.15 bits per heavy atom. The minimum atomic E-state index is -0.489. The first-order valence-electron chi connectivity index (χ1n) is 9.93. The lowest BCUT2D eigenvalue weighted by Gasteiger charge is -2.29. The van der Waals surface area contributed by atoms with Crippen molar-refractivity contribution in [2.24, 2.45) is 5.92 Å². The molecule has 1 heterocycles. The van der Waals surface area contributed by atoms with Gasteiger partial charge in [0.1, 0.15) is 5.60 Å². The van der Waals surface area contributed by atoms with Crippen molar-refractivity contribution in [2.75, 3.05) is 0 Å². The molecule has 0 amide bonds. The van der Waals surface area contributed by atoms with E-state index >= 15 is 0 Å². The van der Waals surface area contributed by atoms with E-state index in [1.165, 1.54) is 6.42 Å². The van der Waals surface area contributed by atoms with Crippen LogP contribution in [0.5, 0.6) is 0 Å². The number of nitrogens with zero attached hydrogens (tertiary/aromatic N) is 4. The number of carbonyl (C=O) groups is 1. The van der Waals surface area contributed by atoms with E-state index in [4.69, 9.17) is 4.74 Å². The fourth-order valence-electron chi connectivity index (χ4n) is 3.69.